The number of aliphatic carboxylic acids is 1. The van der Waals surface area contributed by atoms with Crippen molar-refractivity contribution in [2.45, 2.75) is 23.8 Å². The van der Waals surface area contributed by atoms with Gasteiger partial charge in [-0.1, -0.05) is 11.6 Å². The Labute approximate surface area is 110 Å². The number of halogens is 1. The first-order valence-corrected chi connectivity index (χ1v) is 7.23. The van der Waals surface area contributed by atoms with E-state index in [4.69, 9.17) is 11.6 Å². The zero-order chi connectivity index (χ0) is 13.3. The Balaban J connectivity index is 2.36. The number of rotatable bonds is 3. The van der Waals surface area contributed by atoms with Crippen LogP contribution in [0.3, 0.4) is 0 Å². The molecular formula is C11H11ClNO4S-. The van der Waals surface area contributed by atoms with E-state index in [1.54, 1.807) is 0 Å². The first-order chi connectivity index (χ1) is 8.43. The zero-order valence-electron chi connectivity index (χ0n) is 9.37. The van der Waals surface area contributed by atoms with Gasteiger partial charge in [-0.3, -0.25) is 0 Å². The topological polar surface area (TPSA) is 77.5 Å². The average molecular weight is 289 g/mol. The molecule has 1 saturated heterocycles. The van der Waals surface area contributed by atoms with Crippen molar-refractivity contribution in [3.63, 3.8) is 0 Å². The number of carbonyl (C=O) groups is 1. The first-order valence-electron chi connectivity index (χ1n) is 5.41. The Morgan fingerprint density at radius 1 is 1.33 bits per heavy atom. The van der Waals surface area contributed by atoms with Gasteiger partial charge in [-0.25, -0.2) is 8.42 Å². The normalized spacial score (nSPS) is 21.1. The van der Waals surface area contributed by atoms with E-state index in [2.05, 4.69) is 0 Å². The largest absolute Gasteiger partial charge is 0.548 e. The molecule has 0 N–H and O–H groups in total. The molecule has 5 nitrogen and oxygen atoms in total. The molecule has 1 fully saturated rings. The number of nitrogens with zero attached hydrogens (tertiary/aromatic N) is 1. The second-order valence-electron chi connectivity index (χ2n) is 4.05. The summed E-state index contributed by atoms with van der Waals surface area (Å²) in [7, 11) is -3.80. The highest BCUT2D eigenvalue weighted by atomic mass is 35.5. The van der Waals surface area contributed by atoms with E-state index in [9.17, 15) is 18.3 Å². The van der Waals surface area contributed by atoms with Crippen molar-refractivity contribution in [1.29, 1.82) is 0 Å². The highest BCUT2D eigenvalue weighted by Crippen LogP contribution is 2.26. The molecule has 0 aliphatic carbocycles. The smallest absolute Gasteiger partial charge is 0.243 e. The van der Waals surface area contributed by atoms with Gasteiger partial charge in [0.25, 0.3) is 0 Å². The minimum Gasteiger partial charge on any atom is -0.548 e. The predicted octanol–water partition coefficient (Wildman–Crippen LogP) is 0.243. The molecule has 1 atom stereocenters. The van der Waals surface area contributed by atoms with Gasteiger partial charge in [0.1, 0.15) is 0 Å². The quantitative estimate of drug-likeness (QED) is 0.798. The third-order valence-electron chi connectivity index (χ3n) is 2.90. The Morgan fingerprint density at radius 2 is 1.94 bits per heavy atom. The molecule has 1 aliphatic heterocycles. The third kappa shape index (κ3) is 2.36. The summed E-state index contributed by atoms with van der Waals surface area (Å²) in [6.45, 7) is 0.198. The molecule has 18 heavy (non-hydrogen) atoms. The Bertz CT molecular complexity index is 555. The van der Waals surface area contributed by atoms with E-state index < -0.39 is 22.0 Å². The molecule has 0 amide bonds. The van der Waals surface area contributed by atoms with Crippen LogP contribution in [0.5, 0.6) is 0 Å². The number of sulfonamides is 1. The fourth-order valence-electron chi connectivity index (χ4n) is 2.01. The maximum atomic E-state index is 12.3. The zero-order valence-corrected chi connectivity index (χ0v) is 10.9. The maximum Gasteiger partial charge on any atom is 0.243 e. The molecule has 98 valence electrons. The Kier molecular flexibility index (Phi) is 3.61. The van der Waals surface area contributed by atoms with Crippen LogP contribution >= 0.6 is 11.6 Å². The van der Waals surface area contributed by atoms with Crippen LogP contribution in [-0.2, 0) is 14.8 Å². The number of carboxylic acids is 1. The van der Waals surface area contributed by atoms with Crippen molar-refractivity contribution < 1.29 is 18.3 Å². The molecule has 1 aliphatic rings. The van der Waals surface area contributed by atoms with E-state index in [-0.39, 0.29) is 17.9 Å². The van der Waals surface area contributed by atoms with Gasteiger partial charge >= 0.3 is 0 Å². The Morgan fingerprint density at radius 3 is 2.50 bits per heavy atom. The molecule has 2 rings (SSSR count). The molecule has 1 aromatic rings. The second-order valence-corrected chi connectivity index (χ2v) is 6.37. The molecule has 0 saturated carbocycles. The molecular weight excluding hydrogens is 278 g/mol. The van der Waals surface area contributed by atoms with Crippen LogP contribution < -0.4 is 5.11 Å². The van der Waals surface area contributed by atoms with Crippen molar-refractivity contribution in [1.82, 2.24) is 4.31 Å². The maximum absolute atomic E-state index is 12.3. The predicted molar refractivity (Wildman–Crippen MR) is 63.4 cm³/mol. The first kappa shape index (κ1) is 13.3. The standard InChI is InChI=1S/C11H12ClNO4S/c12-8-3-5-9(6-4-8)18(16,17)13-7-1-2-10(13)11(14)15/h3-6,10H,1-2,7H2,(H,14,15)/p-1. The summed E-state index contributed by atoms with van der Waals surface area (Å²) < 4.78 is 25.5. The summed E-state index contributed by atoms with van der Waals surface area (Å²) in [6, 6.07) is 4.56. The summed E-state index contributed by atoms with van der Waals surface area (Å²) in [6.07, 6.45) is 0.806. The van der Waals surface area contributed by atoms with Gasteiger partial charge in [-0.2, -0.15) is 4.31 Å². The third-order valence-corrected chi connectivity index (χ3v) is 5.07. The average Bonchev–Trinajstić information content (AvgIpc) is 2.79. The van der Waals surface area contributed by atoms with E-state index in [1.807, 2.05) is 0 Å². The van der Waals surface area contributed by atoms with Crippen molar-refractivity contribution >= 4 is 27.6 Å². The molecule has 0 spiro atoms. The summed E-state index contributed by atoms with van der Waals surface area (Å²) in [5.41, 5.74) is 0. The van der Waals surface area contributed by atoms with Gasteiger partial charge in [-0.05, 0) is 37.1 Å². The van der Waals surface area contributed by atoms with Gasteiger partial charge in [0.2, 0.25) is 10.0 Å². The van der Waals surface area contributed by atoms with Crippen LogP contribution in [0.1, 0.15) is 12.8 Å². The number of hydrogen-bond donors (Lipinski definition) is 0. The van der Waals surface area contributed by atoms with Gasteiger partial charge < -0.3 is 9.90 Å². The summed E-state index contributed by atoms with van der Waals surface area (Å²) >= 11 is 5.69. The lowest BCUT2D eigenvalue weighted by atomic mass is 10.2. The van der Waals surface area contributed by atoms with Gasteiger partial charge in [0.15, 0.2) is 0 Å². The highest BCUT2D eigenvalue weighted by Gasteiger charge is 2.35. The van der Waals surface area contributed by atoms with E-state index in [0.717, 1.165) is 4.31 Å². The molecule has 7 heteroatoms. The lowest BCUT2D eigenvalue weighted by Gasteiger charge is -2.24. The number of hydrogen-bond acceptors (Lipinski definition) is 4. The minimum absolute atomic E-state index is 0.0417. The SMILES string of the molecule is O=C([O-])C1CCCN1S(=O)(=O)c1ccc(Cl)cc1. The summed E-state index contributed by atoms with van der Waals surface area (Å²) in [5.74, 6) is -1.36. The molecule has 0 radical (unpaired) electrons. The molecule has 1 aromatic carbocycles. The van der Waals surface area contributed by atoms with E-state index in [0.29, 0.717) is 11.4 Å². The van der Waals surface area contributed by atoms with Crippen molar-refractivity contribution in [3.8, 4) is 0 Å². The Hall–Kier alpha value is -1.11. The fraction of sp³-hybridized carbons (Fsp3) is 0.364. The summed E-state index contributed by atoms with van der Waals surface area (Å²) in [4.78, 5) is 10.9. The summed E-state index contributed by atoms with van der Waals surface area (Å²) in [5, 5.41) is 11.3. The number of carboxylic acid groups (broad SMARTS) is 1. The monoisotopic (exact) mass is 288 g/mol. The number of carbonyl (C=O) groups excluding carboxylic acids is 1. The van der Waals surface area contributed by atoms with Gasteiger partial charge in [0, 0.05) is 11.6 Å². The molecule has 1 heterocycles. The van der Waals surface area contributed by atoms with E-state index >= 15 is 0 Å². The van der Waals surface area contributed by atoms with Crippen LogP contribution in [0.25, 0.3) is 0 Å². The van der Waals surface area contributed by atoms with Crippen LogP contribution in [0.15, 0.2) is 29.2 Å². The van der Waals surface area contributed by atoms with Crippen LogP contribution in [0, 0.1) is 0 Å². The molecule has 1 unspecified atom stereocenters. The van der Waals surface area contributed by atoms with Gasteiger partial charge in [-0.15, -0.1) is 0 Å². The van der Waals surface area contributed by atoms with Crippen molar-refractivity contribution in [2.24, 2.45) is 0 Å². The number of benzene rings is 1. The van der Waals surface area contributed by atoms with Crippen LogP contribution in [0.2, 0.25) is 5.02 Å². The lowest BCUT2D eigenvalue weighted by Crippen LogP contribution is -2.46. The minimum atomic E-state index is -3.80. The van der Waals surface area contributed by atoms with Crippen molar-refractivity contribution in [3.05, 3.63) is 29.3 Å². The highest BCUT2D eigenvalue weighted by molar-refractivity contribution is 7.89. The molecule has 0 bridgehead atoms. The lowest BCUT2D eigenvalue weighted by molar-refractivity contribution is -0.309. The van der Waals surface area contributed by atoms with Crippen LogP contribution in [0.4, 0.5) is 0 Å². The fourth-order valence-corrected chi connectivity index (χ4v) is 3.78. The van der Waals surface area contributed by atoms with E-state index in [1.165, 1.54) is 24.3 Å². The van der Waals surface area contributed by atoms with Crippen LogP contribution in [-0.4, -0.2) is 31.3 Å². The molecule has 0 aromatic heterocycles. The van der Waals surface area contributed by atoms with Gasteiger partial charge in [0.05, 0.1) is 16.9 Å². The second kappa shape index (κ2) is 4.87. The van der Waals surface area contributed by atoms with Crippen molar-refractivity contribution in [2.75, 3.05) is 6.54 Å².